The maximum Gasteiger partial charge on any atom is 0.248 e. The minimum atomic E-state index is -0.344. The van der Waals surface area contributed by atoms with E-state index in [1.54, 1.807) is 42.7 Å². The lowest BCUT2D eigenvalue weighted by atomic mass is 10.0. The number of benzene rings is 1. The molecule has 0 atom stereocenters. The first kappa shape index (κ1) is 17.6. The summed E-state index contributed by atoms with van der Waals surface area (Å²) >= 11 is 0. The second-order valence-corrected chi connectivity index (χ2v) is 5.04. The van der Waals surface area contributed by atoms with Crippen LogP contribution < -0.4 is 16.8 Å². The van der Waals surface area contributed by atoms with Crippen LogP contribution in [-0.4, -0.2) is 23.3 Å². The summed E-state index contributed by atoms with van der Waals surface area (Å²) in [4.78, 5) is 16.1. The molecule has 2 rings (SSSR count). The van der Waals surface area contributed by atoms with Crippen LogP contribution in [0.3, 0.4) is 0 Å². The number of rotatable bonds is 6. The topological polar surface area (TPSA) is 142 Å². The minimum absolute atomic E-state index is 0.344. The molecule has 0 fully saturated rings. The molecule has 2 aromatic rings. The van der Waals surface area contributed by atoms with E-state index >= 15 is 0 Å². The van der Waals surface area contributed by atoms with Crippen LogP contribution in [0.25, 0.3) is 11.6 Å². The lowest BCUT2D eigenvalue weighted by Gasteiger charge is -2.06. The fraction of sp³-hybridized carbons (Fsp3) is 0. The first-order chi connectivity index (χ1) is 12.1. The van der Waals surface area contributed by atoms with Crippen molar-refractivity contribution in [3.8, 4) is 0 Å². The number of nitrogen functional groups attached to an aromatic ring is 1. The summed E-state index contributed by atoms with van der Waals surface area (Å²) in [7, 11) is 0. The molecule has 0 aliphatic rings. The molecule has 0 aliphatic carbocycles. The number of allylic oxidation sites excluding steroid dienone is 1. The highest BCUT2D eigenvalue weighted by Gasteiger charge is 2.05. The van der Waals surface area contributed by atoms with Gasteiger partial charge in [0.05, 0.1) is 0 Å². The average molecular weight is 334 g/mol. The standard InChI is InChI=1S/C18H18N6O/c19-8-13-7-15(2-3-17(13)22)24-18(25)4-1-12-11-23-6-5-16(12)14(9-20)10-21/h1-11,19-20H,21-22H2,(H,24,25)/b4-1+,14-10+,19-8?,20-9?. The number of nitrogens with two attached hydrogens (primary N) is 2. The van der Waals surface area contributed by atoms with Crippen LogP contribution in [0.15, 0.2) is 48.9 Å². The average Bonchev–Trinajstić information content (AvgIpc) is 2.63. The van der Waals surface area contributed by atoms with Gasteiger partial charge in [-0.05, 0) is 35.9 Å². The molecule has 1 aromatic heterocycles. The summed E-state index contributed by atoms with van der Waals surface area (Å²) in [6.45, 7) is 0. The number of nitrogens with zero attached hydrogens (tertiary/aromatic N) is 1. The van der Waals surface area contributed by atoms with Gasteiger partial charge in [-0.2, -0.15) is 0 Å². The molecule has 1 amide bonds. The summed E-state index contributed by atoms with van der Waals surface area (Å²) in [6.07, 6.45) is 9.72. The second kappa shape index (κ2) is 8.21. The number of aromatic nitrogens is 1. The van der Waals surface area contributed by atoms with Gasteiger partial charge in [0, 0.05) is 65.2 Å². The van der Waals surface area contributed by atoms with Gasteiger partial charge in [-0.1, -0.05) is 0 Å². The van der Waals surface area contributed by atoms with Crippen molar-refractivity contribution in [2.24, 2.45) is 5.73 Å². The third-order valence-electron chi connectivity index (χ3n) is 3.42. The second-order valence-electron chi connectivity index (χ2n) is 5.04. The SMILES string of the molecule is N=C/C(=C\N)c1ccncc1/C=C/C(=O)Nc1ccc(N)c(C=N)c1. The number of carbonyl (C=O) groups is 1. The molecule has 7 heteroatoms. The number of hydrogen-bond acceptors (Lipinski definition) is 6. The molecule has 0 spiro atoms. The zero-order valence-corrected chi connectivity index (χ0v) is 13.4. The van der Waals surface area contributed by atoms with E-state index in [9.17, 15) is 4.79 Å². The molecule has 0 radical (unpaired) electrons. The van der Waals surface area contributed by atoms with Gasteiger partial charge in [0.25, 0.3) is 0 Å². The lowest BCUT2D eigenvalue weighted by molar-refractivity contribution is -0.111. The molecule has 0 saturated carbocycles. The Morgan fingerprint density at radius 2 is 2.00 bits per heavy atom. The van der Waals surface area contributed by atoms with Gasteiger partial charge in [-0.25, -0.2) is 0 Å². The third kappa shape index (κ3) is 4.38. The van der Waals surface area contributed by atoms with Crippen LogP contribution in [0.1, 0.15) is 16.7 Å². The fourth-order valence-electron chi connectivity index (χ4n) is 2.14. The Balaban J connectivity index is 2.19. The van der Waals surface area contributed by atoms with E-state index in [0.29, 0.717) is 33.6 Å². The zero-order chi connectivity index (χ0) is 18.2. The van der Waals surface area contributed by atoms with Crippen LogP contribution in [0.2, 0.25) is 0 Å². The normalized spacial score (nSPS) is 11.3. The zero-order valence-electron chi connectivity index (χ0n) is 13.4. The number of nitrogens with one attached hydrogen (secondary N) is 3. The van der Waals surface area contributed by atoms with Crippen LogP contribution in [0.5, 0.6) is 0 Å². The quantitative estimate of drug-likeness (QED) is 0.314. The largest absolute Gasteiger partial charge is 0.404 e. The Morgan fingerprint density at radius 1 is 1.20 bits per heavy atom. The fourth-order valence-corrected chi connectivity index (χ4v) is 2.14. The van der Waals surface area contributed by atoms with Gasteiger partial charge in [0.2, 0.25) is 5.91 Å². The summed E-state index contributed by atoms with van der Waals surface area (Å²) < 4.78 is 0. The molecule has 7 nitrogen and oxygen atoms in total. The monoisotopic (exact) mass is 334 g/mol. The van der Waals surface area contributed by atoms with E-state index < -0.39 is 0 Å². The Bertz CT molecular complexity index is 870. The first-order valence-electron chi connectivity index (χ1n) is 7.35. The number of hydrogen-bond donors (Lipinski definition) is 5. The summed E-state index contributed by atoms with van der Waals surface area (Å²) in [6, 6.07) is 6.63. The molecule has 0 aliphatic heterocycles. The highest BCUT2D eigenvalue weighted by atomic mass is 16.1. The van der Waals surface area contributed by atoms with Crippen molar-refractivity contribution in [2.45, 2.75) is 0 Å². The number of amides is 1. The van der Waals surface area contributed by atoms with Gasteiger partial charge in [0.1, 0.15) is 0 Å². The number of anilines is 2. The van der Waals surface area contributed by atoms with E-state index in [-0.39, 0.29) is 5.91 Å². The molecule has 1 aromatic carbocycles. The van der Waals surface area contributed by atoms with Crippen molar-refractivity contribution in [3.63, 3.8) is 0 Å². The van der Waals surface area contributed by atoms with E-state index in [4.69, 9.17) is 22.3 Å². The molecule has 0 unspecified atom stereocenters. The Hall–Kier alpha value is -3.74. The number of pyridine rings is 1. The van der Waals surface area contributed by atoms with Crippen molar-refractivity contribution in [2.75, 3.05) is 11.1 Å². The van der Waals surface area contributed by atoms with Gasteiger partial charge >= 0.3 is 0 Å². The third-order valence-corrected chi connectivity index (χ3v) is 3.42. The number of carbonyl (C=O) groups excluding carboxylic acids is 1. The van der Waals surface area contributed by atoms with E-state index in [1.807, 2.05) is 0 Å². The molecule has 0 saturated heterocycles. The molecule has 25 heavy (non-hydrogen) atoms. The molecule has 0 bridgehead atoms. The van der Waals surface area contributed by atoms with Gasteiger partial charge in [-0.3, -0.25) is 9.78 Å². The van der Waals surface area contributed by atoms with Crippen LogP contribution >= 0.6 is 0 Å². The van der Waals surface area contributed by atoms with Gasteiger partial charge in [-0.15, -0.1) is 0 Å². The maximum absolute atomic E-state index is 12.1. The van der Waals surface area contributed by atoms with Crippen LogP contribution in [-0.2, 0) is 4.79 Å². The maximum atomic E-state index is 12.1. The first-order valence-corrected chi connectivity index (χ1v) is 7.35. The van der Waals surface area contributed by atoms with Crippen molar-refractivity contribution in [1.82, 2.24) is 4.98 Å². The van der Waals surface area contributed by atoms with E-state index in [2.05, 4.69) is 10.3 Å². The van der Waals surface area contributed by atoms with E-state index in [1.165, 1.54) is 12.3 Å². The van der Waals surface area contributed by atoms with Crippen molar-refractivity contribution >= 4 is 41.4 Å². The van der Waals surface area contributed by atoms with Gasteiger partial charge < -0.3 is 27.6 Å². The van der Waals surface area contributed by atoms with Crippen molar-refractivity contribution in [3.05, 3.63) is 65.6 Å². The highest BCUT2D eigenvalue weighted by Crippen LogP contribution is 2.18. The molecule has 7 N–H and O–H groups in total. The van der Waals surface area contributed by atoms with Crippen molar-refractivity contribution in [1.29, 1.82) is 10.8 Å². The van der Waals surface area contributed by atoms with Crippen LogP contribution in [0.4, 0.5) is 11.4 Å². The molecular weight excluding hydrogens is 316 g/mol. The van der Waals surface area contributed by atoms with Crippen LogP contribution in [0, 0.1) is 10.8 Å². The Morgan fingerprint density at radius 3 is 2.68 bits per heavy atom. The molecular formula is C18H18N6O. The van der Waals surface area contributed by atoms with Crippen molar-refractivity contribution < 1.29 is 4.79 Å². The predicted octanol–water partition coefficient (Wildman–Crippen LogP) is 2.26. The highest BCUT2D eigenvalue weighted by molar-refractivity contribution is 6.10. The molecule has 126 valence electrons. The van der Waals surface area contributed by atoms with E-state index in [0.717, 1.165) is 12.4 Å². The predicted molar refractivity (Wildman–Crippen MR) is 102 cm³/mol. The smallest absolute Gasteiger partial charge is 0.248 e. The summed E-state index contributed by atoms with van der Waals surface area (Å²) in [5, 5.41) is 17.4. The van der Waals surface area contributed by atoms with Gasteiger partial charge in [0.15, 0.2) is 0 Å². The molecule has 1 heterocycles. The Labute approximate surface area is 145 Å². The summed E-state index contributed by atoms with van der Waals surface area (Å²) in [5.41, 5.74) is 14.7. The summed E-state index contributed by atoms with van der Waals surface area (Å²) in [5.74, 6) is -0.344. The Kier molecular flexibility index (Phi) is 5.78. The minimum Gasteiger partial charge on any atom is -0.404 e. The lowest BCUT2D eigenvalue weighted by Crippen LogP contribution is -2.08.